The molecule has 1 aliphatic rings. The zero-order valence-electron chi connectivity index (χ0n) is 15.6. The Hall–Kier alpha value is -0.750. The fourth-order valence-corrected chi connectivity index (χ4v) is 3.89. The average Bonchev–Trinajstić information content (AvgIpc) is 2.99. The third-order valence-corrected chi connectivity index (χ3v) is 5.48. The largest absolute Gasteiger partial charge is 0.469 e. The van der Waals surface area contributed by atoms with E-state index in [-0.39, 0.29) is 6.61 Å². The van der Waals surface area contributed by atoms with Crippen molar-refractivity contribution in [3.8, 4) is 0 Å². The third kappa shape index (κ3) is 7.47. The van der Waals surface area contributed by atoms with Gasteiger partial charge in [0.05, 0.1) is 6.61 Å². The van der Waals surface area contributed by atoms with Gasteiger partial charge in [-0.15, -0.1) is 0 Å². The maximum Gasteiger partial charge on any atom is 0.469 e. The molecule has 0 spiro atoms. The minimum Gasteiger partial charge on any atom is -0.381 e. The van der Waals surface area contributed by atoms with Crippen molar-refractivity contribution in [1.29, 1.82) is 0 Å². The van der Waals surface area contributed by atoms with E-state index < -0.39 is 13.4 Å². The highest BCUT2D eigenvalue weighted by atomic mass is 31.2. The van der Waals surface area contributed by atoms with E-state index in [1.54, 1.807) is 0 Å². The minimum absolute atomic E-state index is 0.107. The molecule has 6 nitrogen and oxygen atoms in total. The SMILES string of the molecule is CCCCOCCCc1ccc([C@@H]2CC[C@](N)(COP(=O)(O)O)C2)cc1. The Bertz CT molecular complexity index is 588. The van der Waals surface area contributed by atoms with Crippen molar-refractivity contribution in [3.05, 3.63) is 35.4 Å². The summed E-state index contributed by atoms with van der Waals surface area (Å²) in [6, 6.07) is 8.61. The number of phosphoric ester groups is 1. The van der Waals surface area contributed by atoms with Crippen LogP contribution in [0.15, 0.2) is 24.3 Å². The number of unbranched alkanes of at least 4 members (excludes halogenated alkanes) is 1. The minimum atomic E-state index is -4.47. The number of nitrogens with two attached hydrogens (primary N) is 1. The summed E-state index contributed by atoms with van der Waals surface area (Å²) in [5.74, 6) is 0.312. The molecule has 0 aliphatic heterocycles. The Kier molecular flexibility index (Phi) is 8.27. The van der Waals surface area contributed by atoms with Gasteiger partial charge in [0, 0.05) is 18.8 Å². The van der Waals surface area contributed by atoms with Crippen molar-refractivity contribution in [2.24, 2.45) is 5.73 Å². The van der Waals surface area contributed by atoms with Crippen LogP contribution in [0.25, 0.3) is 0 Å². The van der Waals surface area contributed by atoms with E-state index in [9.17, 15) is 4.57 Å². The highest BCUT2D eigenvalue weighted by Crippen LogP contribution is 2.43. The van der Waals surface area contributed by atoms with Gasteiger partial charge in [0.2, 0.25) is 0 Å². The average molecular weight is 385 g/mol. The van der Waals surface area contributed by atoms with Gasteiger partial charge in [-0.2, -0.15) is 0 Å². The van der Waals surface area contributed by atoms with E-state index in [0.717, 1.165) is 45.3 Å². The van der Waals surface area contributed by atoms with Crippen LogP contribution in [0, 0.1) is 0 Å². The van der Waals surface area contributed by atoms with Crippen LogP contribution in [-0.4, -0.2) is 35.1 Å². The van der Waals surface area contributed by atoms with Crippen LogP contribution in [0.3, 0.4) is 0 Å². The quantitative estimate of drug-likeness (QED) is 0.398. The van der Waals surface area contributed by atoms with E-state index >= 15 is 0 Å². The van der Waals surface area contributed by atoms with Gasteiger partial charge in [0.25, 0.3) is 0 Å². The summed E-state index contributed by atoms with van der Waals surface area (Å²) in [5.41, 5.74) is 8.12. The van der Waals surface area contributed by atoms with Crippen LogP contribution in [-0.2, 0) is 20.2 Å². The Morgan fingerprint density at radius 2 is 1.92 bits per heavy atom. The molecule has 2 atom stereocenters. The number of hydrogen-bond donors (Lipinski definition) is 3. The van der Waals surface area contributed by atoms with Crippen LogP contribution in [0.2, 0.25) is 0 Å². The molecule has 0 unspecified atom stereocenters. The van der Waals surface area contributed by atoms with Gasteiger partial charge in [0.1, 0.15) is 0 Å². The fourth-order valence-electron chi connectivity index (χ4n) is 3.47. The molecule has 2 rings (SSSR count). The lowest BCUT2D eigenvalue weighted by atomic mass is 9.93. The number of ether oxygens (including phenoxy) is 1. The molecule has 1 fully saturated rings. The van der Waals surface area contributed by atoms with E-state index in [4.69, 9.17) is 20.3 Å². The molecule has 0 amide bonds. The van der Waals surface area contributed by atoms with Crippen molar-refractivity contribution >= 4 is 7.82 Å². The van der Waals surface area contributed by atoms with Crippen molar-refractivity contribution in [2.75, 3.05) is 19.8 Å². The number of hydrogen-bond acceptors (Lipinski definition) is 4. The lowest BCUT2D eigenvalue weighted by molar-refractivity contribution is 0.129. The third-order valence-electron chi connectivity index (χ3n) is 5.01. The number of benzene rings is 1. The standard InChI is InChI=1S/C19H32NO5P/c1-2-3-12-24-13-4-5-16-6-8-17(9-7-16)18-10-11-19(20,14-18)15-25-26(21,22)23/h6-9,18H,2-5,10-15,20H2,1H3,(H2,21,22,23)/t18-,19-/m1/s1. The summed E-state index contributed by atoms with van der Waals surface area (Å²) >= 11 is 0. The summed E-state index contributed by atoms with van der Waals surface area (Å²) in [6.07, 6.45) is 6.61. The monoisotopic (exact) mass is 385 g/mol. The van der Waals surface area contributed by atoms with Gasteiger partial charge in [-0.05, 0) is 55.6 Å². The second-order valence-corrected chi connectivity index (χ2v) is 8.62. The van der Waals surface area contributed by atoms with Gasteiger partial charge in [-0.25, -0.2) is 4.57 Å². The number of aryl methyl sites for hydroxylation is 1. The van der Waals surface area contributed by atoms with E-state index in [1.165, 1.54) is 11.1 Å². The lowest BCUT2D eigenvalue weighted by Gasteiger charge is -2.24. The molecule has 1 saturated carbocycles. The van der Waals surface area contributed by atoms with E-state index in [1.807, 2.05) is 0 Å². The number of phosphoric acid groups is 1. The molecule has 148 valence electrons. The van der Waals surface area contributed by atoms with Crippen LogP contribution >= 0.6 is 7.82 Å². The summed E-state index contributed by atoms with van der Waals surface area (Å²) in [5, 5.41) is 0. The molecule has 0 bridgehead atoms. The molecule has 1 aromatic carbocycles. The second-order valence-electron chi connectivity index (χ2n) is 7.38. The predicted molar refractivity (Wildman–Crippen MR) is 102 cm³/mol. The number of rotatable bonds is 11. The molecule has 7 heteroatoms. The second kappa shape index (κ2) is 9.98. The zero-order valence-corrected chi connectivity index (χ0v) is 16.5. The van der Waals surface area contributed by atoms with Crippen LogP contribution in [0.1, 0.15) is 62.5 Å². The molecular formula is C19H32NO5P. The molecule has 1 aliphatic carbocycles. The Labute approximate surface area is 156 Å². The summed E-state index contributed by atoms with van der Waals surface area (Å²) in [4.78, 5) is 17.7. The van der Waals surface area contributed by atoms with E-state index in [0.29, 0.717) is 18.8 Å². The van der Waals surface area contributed by atoms with E-state index in [2.05, 4.69) is 35.7 Å². The Balaban J connectivity index is 1.77. The Morgan fingerprint density at radius 1 is 1.23 bits per heavy atom. The maximum atomic E-state index is 10.9. The molecule has 0 saturated heterocycles. The fraction of sp³-hybridized carbons (Fsp3) is 0.684. The van der Waals surface area contributed by atoms with Crippen LogP contribution in [0.4, 0.5) is 0 Å². The van der Waals surface area contributed by atoms with Crippen molar-refractivity contribution < 1.29 is 23.6 Å². The first-order valence-electron chi connectivity index (χ1n) is 9.47. The first-order valence-corrected chi connectivity index (χ1v) is 11.0. The topological polar surface area (TPSA) is 102 Å². The van der Waals surface area contributed by atoms with Gasteiger partial charge in [-0.1, -0.05) is 37.6 Å². The molecule has 26 heavy (non-hydrogen) atoms. The van der Waals surface area contributed by atoms with Gasteiger partial charge in [0.15, 0.2) is 0 Å². The predicted octanol–water partition coefficient (Wildman–Crippen LogP) is 3.51. The van der Waals surface area contributed by atoms with Crippen molar-refractivity contribution in [3.63, 3.8) is 0 Å². The zero-order chi connectivity index (χ0) is 19.0. The molecule has 1 aromatic rings. The summed E-state index contributed by atoms with van der Waals surface area (Å²) in [7, 11) is -4.47. The smallest absolute Gasteiger partial charge is 0.381 e. The summed E-state index contributed by atoms with van der Waals surface area (Å²) < 4.78 is 21.1. The van der Waals surface area contributed by atoms with Crippen LogP contribution in [0.5, 0.6) is 0 Å². The Morgan fingerprint density at radius 3 is 2.58 bits per heavy atom. The molecule has 0 aromatic heterocycles. The van der Waals surface area contributed by atoms with Crippen molar-refractivity contribution in [1.82, 2.24) is 0 Å². The maximum absolute atomic E-state index is 10.9. The highest BCUT2D eigenvalue weighted by molar-refractivity contribution is 7.46. The molecule has 0 heterocycles. The lowest BCUT2D eigenvalue weighted by Crippen LogP contribution is -2.41. The van der Waals surface area contributed by atoms with Crippen LogP contribution < -0.4 is 5.73 Å². The van der Waals surface area contributed by atoms with Gasteiger partial charge >= 0.3 is 7.82 Å². The first-order chi connectivity index (χ1) is 12.3. The molecule has 0 radical (unpaired) electrons. The van der Waals surface area contributed by atoms with Crippen molar-refractivity contribution in [2.45, 2.75) is 63.3 Å². The van der Waals surface area contributed by atoms with Gasteiger partial charge in [-0.3, -0.25) is 4.52 Å². The molecular weight excluding hydrogens is 353 g/mol. The highest BCUT2D eigenvalue weighted by Gasteiger charge is 2.38. The summed E-state index contributed by atoms with van der Waals surface area (Å²) in [6.45, 7) is 3.71. The first kappa shape index (κ1) is 21.5. The normalized spacial score (nSPS) is 23.5. The molecule has 4 N–H and O–H groups in total. The van der Waals surface area contributed by atoms with Gasteiger partial charge < -0.3 is 20.3 Å².